The van der Waals surface area contributed by atoms with Gasteiger partial charge in [0.1, 0.15) is 0 Å². The van der Waals surface area contributed by atoms with E-state index in [4.69, 9.17) is 4.74 Å². The summed E-state index contributed by atoms with van der Waals surface area (Å²) in [5.74, 6) is 0.956. The van der Waals surface area contributed by atoms with Crippen molar-refractivity contribution < 1.29 is 17.9 Å². The molecule has 1 aromatic heterocycles. The van der Waals surface area contributed by atoms with Gasteiger partial charge < -0.3 is 4.74 Å². The second kappa shape index (κ2) is 7.32. The fraction of sp³-hybridized carbons (Fsp3) is 0.750. The molecule has 2 rings (SSSR count). The van der Waals surface area contributed by atoms with Crippen LogP contribution < -0.4 is 5.43 Å². The van der Waals surface area contributed by atoms with Crippen molar-refractivity contribution in [3.05, 3.63) is 5.82 Å². The molecule has 1 aliphatic rings. The molecule has 0 saturated carbocycles. The van der Waals surface area contributed by atoms with Crippen molar-refractivity contribution in [1.82, 2.24) is 14.9 Å². The number of aryl methyl sites for hydroxylation is 1. The Hall–Kier alpha value is -1.29. The van der Waals surface area contributed by atoms with Gasteiger partial charge in [0.15, 0.2) is 15.7 Å². The lowest BCUT2D eigenvalue weighted by atomic mass is 10.3. The molecule has 1 aromatic rings. The topological polar surface area (TPSA) is 103 Å². The van der Waals surface area contributed by atoms with Crippen LogP contribution in [-0.4, -0.2) is 52.7 Å². The summed E-state index contributed by atoms with van der Waals surface area (Å²) in [7, 11) is -2.95. The predicted molar refractivity (Wildman–Crippen MR) is 83.3 cm³/mol. The van der Waals surface area contributed by atoms with Gasteiger partial charge in [-0.25, -0.2) is 23.3 Å². The second-order valence-electron chi connectivity index (χ2n) is 4.96. The Morgan fingerprint density at radius 1 is 1.45 bits per heavy atom. The lowest BCUT2D eigenvalue weighted by Gasteiger charge is -2.12. The standard InChI is InChI=1S/C12H20N4O4S2/c1-3-5-10-13-14-11(16(10)15-12(17)20-4-2)21-9-6-7-22(18,19)8-9/h9H,3-8H2,1-2H3,(H,15,17). The first-order valence-corrected chi connectivity index (χ1v) is 9.90. The molecule has 1 fully saturated rings. The largest absolute Gasteiger partial charge is 0.449 e. The van der Waals surface area contributed by atoms with Gasteiger partial charge in [-0.1, -0.05) is 18.7 Å². The number of nitrogens with one attached hydrogen (secondary N) is 1. The molecule has 0 aromatic carbocycles. The predicted octanol–water partition coefficient (Wildman–Crippen LogP) is 1.21. The number of rotatable bonds is 6. The first-order valence-electron chi connectivity index (χ1n) is 7.20. The Morgan fingerprint density at radius 2 is 2.23 bits per heavy atom. The van der Waals surface area contributed by atoms with E-state index in [2.05, 4.69) is 15.6 Å². The number of carbonyl (C=O) groups is 1. The SMILES string of the molecule is CCCc1nnc(SC2CCS(=O)(=O)C2)n1NC(=O)OCC. The van der Waals surface area contributed by atoms with Crippen molar-refractivity contribution in [1.29, 1.82) is 0 Å². The van der Waals surface area contributed by atoms with E-state index in [9.17, 15) is 13.2 Å². The smallest absolute Gasteiger partial charge is 0.426 e. The molecule has 1 unspecified atom stereocenters. The van der Waals surface area contributed by atoms with Crippen LogP contribution in [0.5, 0.6) is 0 Å². The number of aromatic nitrogens is 3. The summed E-state index contributed by atoms with van der Waals surface area (Å²) in [5.41, 5.74) is 2.60. The van der Waals surface area contributed by atoms with E-state index in [1.165, 1.54) is 16.4 Å². The molecule has 1 aliphatic heterocycles. The highest BCUT2D eigenvalue weighted by Gasteiger charge is 2.30. The minimum absolute atomic E-state index is 0.0635. The number of thioether (sulfide) groups is 1. The third kappa shape index (κ3) is 4.35. The normalized spacial score (nSPS) is 20.0. The zero-order valence-corrected chi connectivity index (χ0v) is 14.2. The Bertz CT molecular complexity index is 629. The van der Waals surface area contributed by atoms with E-state index >= 15 is 0 Å². The average molecular weight is 348 g/mol. The zero-order chi connectivity index (χ0) is 16.2. The molecule has 2 heterocycles. The molecule has 0 bridgehead atoms. The lowest BCUT2D eigenvalue weighted by molar-refractivity contribution is 0.163. The fourth-order valence-corrected chi connectivity index (χ4v) is 5.60. The fourth-order valence-electron chi connectivity index (χ4n) is 2.13. The molecule has 0 aliphatic carbocycles. The van der Waals surface area contributed by atoms with Gasteiger partial charge in [-0.05, 0) is 19.8 Å². The first kappa shape index (κ1) is 17.1. The number of carbonyl (C=O) groups excluding carboxylic acids is 1. The Labute approximate surface area is 133 Å². The molecule has 8 nitrogen and oxygen atoms in total. The van der Waals surface area contributed by atoms with E-state index in [0.717, 1.165) is 6.42 Å². The maximum Gasteiger partial charge on any atom is 0.426 e. The van der Waals surface area contributed by atoms with Crippen LogP contribution in [-0.2, 0) is 21.0 Å². The van der Waals surface area contributed by atoms with Crippen molar-refractivity contribution in [3.63, 3.8) is 0 Å². The van der Waals surface area contributed by atoms with Crippen LogP contribution in [0, 0.1) is 0 Å². The average Bonchev–Trinajstić information content (AvgIpc) is 2.96. The highest BCUT2D eigenvalue weighted by molar-refractivity contribution is 8.01. The number of amides is 1. The summed E-state index contributed by atoms with van der Waals surface area (Å²) < 4.78 is 29.5. The van der Waals surface area contributed by atoms with Crippen LogP contribution in [0.4, 0.5) is 4.79 Å². The number of hydrogen-bond acceptors (Lipinski definition) is 7. The third-order valence-electron chi connectivity index (χ3n) is 3.12. The van der Waals surface area contributed by atoms with Crippen molar-refractivity contribution >= 4 is 27.7 Å². The van der Waals surface area contributed by atoms with Gasteiger partial charge >= 0.3 is 6.09 Å². The van der Waals surface area contributed by atoms with Gasteiger partial charge in [0.25, 0.3) is 0 Å². The van der Waals surface area contributed by atoms with Gasteiger partial charge in [-0.15, -0.1) is 10.2 Å². The van der Waals surface area contributed by atoms with Crippen LogP contribution in [0.2, 0.25) is 0 Å². The summed E-state index contributed by atoms with van der Waals surface area (Å²) in [6, 6.07) is 0. The van der Waals surface area contributed by atoms with Gasteiger partial charge in [0.05, 0.1) is 18.1 Å². The molecule has 0 radical (unpaired) electrons. The molecule has 0 spiro atoms. The number of sulfone groups is 1. The Morgan fingerprint density at radius 3 is 2.82 bits per heavy atom. The van der Waals surface area contributed by atoms with Crippen LogP contribution in [0.3, 0.4) is 0 Å². The molecule has 22 heavy (non-hydrogen) atoms. The molecule has 1 saturated heterocycles. The van der Waals surface area contributed by atoms with Crippen molar-refractivity contribution in [2.75, 3.05) is 23.5 Å². The van der Waals surface area contributed by atoms with Gasteiger partial charge in [0.2, 0.25) is 5.16 Å². The van der Waals surface area contributed by atoms with Crippen LogP contribution in [0.1, 0.15) is 32.5 Å². The van der Waals surface area contributed by atoms with Crippen molar-refractivity contribution in [2.24, 2.45) is 0 Å². The molecule has 10 heteroatoms. The van der Waals surface area contributed by atoms with E-state index in [0.29, 0.717) is 23.8 Å². The molecular formula is C12H20N4O4S2. The number of ether oxygens (including phenoxy) is 1. The first-order chi connectivity index (χ1) is 10.4. The Balaban J connectivity index is 2.14. The van der Waals surface area contributed by atoms with Crippen LogP contribution >= 0.6 is 11.8 Å². The summed E-state index contributed by atoms with van der Waals surface area (Å²) in [6.07, 6.45) is 1.51. The van der Waals surface area contributed by atoms with Crippen molar-refractivity contribution in [2.45, 2.75) is 43.5 Å². The summed E-state index contributed by atoms with van der Waals surface area (Å²) in [4.78, 5) is 11.6. The van der Waals surface area contributed by atoms with Crippen LogP contribution in [0.25, 0.3) is 0 Å². The lowest BCUT2D eigenvalue weighted by Crippen LogP contribution is -2.26. The molecule has 1 atom stereocenters. The summed E-state index contributed by atoms with van der Waals surface area (Å²) in [5, 5.41) is 8.56. The zero-order valence-electron chi connectivity index (χ0n) is 12.6. The van der Waals surface area contributed by atoms with E-state index in [-0.39, 0.29) is 23.4 Å². The van der Waals surface area contributed by atoms with Gasteiger partial charge in [0, 0.05) is 11.7 Å². The maximum absolute atomic E-state index is 11.6. The van der Waals surface area contributed by atoms with E-state index < -0.39 is 15.9 Å². The third-order valence-corrected chi connectivity index (χ3v) is 6.30. The van der Waals surface area contributed by atoms with Crippen molar-refractivity contribution in [3.8, 4) is 0 Å². The van der Waals surface area contributed by atoms with Gasteiger partial charge in [-0.2, -0.15) is 0 Å². The highest BCUT2D eigenvalue weighted by atomic mass is 32.2. The quantitative estimate of drug-likeness (QED) is 0.824. The molecule has 1 amide bonds. The second-order valence-corrected chi connectivity index (χ2v) is 8.46. The Kier molecular flexibility index (Phi) is 5.68. The molecular weight excluding hydrogens is 328 g/mol. The highest BCUT2D eigenvalue weighted by Crippen LogP contribution is 2.29. The van der Waals surface area contributed by atoms with Crippen LogP contribution in [0.15, 0.2) is 5.16 Å². The molecule has 1 N–H and O–H groups in total. The van der Waals surface area contributed by atoms with Gasteiger partial charge in [-0.3, -0.25) is 0 Å². The van der Waals surface area contributed by atoms with E-state index in [1.807, 2.05) is 6.92 Å². The maximum atomic E-state index is 11.6. The summed E-state index contributed by atoms with van der Waals surface area (Å²) >= 11 is 1.33. The summed E-state index contributed by atoms with van der Waals surface area (Å²) in [6.45, 7) is 3.98. The number of nitrogens with zero attached hydrogens (tertiary/aromatic N) is 3. The minimum Gasteiger partial charge on any atom is -0.449 e. The number of hydrogen-bond donors (Lipinski definition) is 1. The minimum atomic E-state index is -2.95. The monoisotopic (exact) mass is 348 g/mol. The van der Waals surface area contributed by atoms with E-state index in [1.54, 1.807) is 6.92 Å². The molecule has 124 valence electrons.